The number of para-hydroxylation sites is 2. The quantitative estimate of drug-likeness (QED) is 0.243. The monoisotopic (exact) mass is 475 g/mol. The van der Waals surface area contributed by atoms with E-state index >= 15 is 0 Å². The minimum atomic E-state index is -0.367. The highest BCUT2D eigenvalue weighted by Crippen LogP contribution is 2.40. The third-order valence-corrected chi connectivity index (χ3v) is 9.09. The van der Waals surface area contributed by atoms with E-state index in [1.54, 1.807) is 0 Å². The van der Waals surface area contributed by atoms with Gasteiger partial charge < -0.3 is 13.9 Å². The van der Waals surface area contributed by atoms with Crippen LogP contribution in [0.1, 0.15) is 27.7 Å². The topological polar surface area (TPSA) is 23.4 Å². The molecule has 0 radical (unpaired) electrons. The van der Waals surface area contributed by atoms with E-state index in [9.17, 15) is 0 Å². The first-order valence-corrected chi connectivity index (χ1v) is 13.0. The number of rotatable bonds is 2. The summed E-state index contributed by atoms with van der Waals surface area (Å²) >= 11 is 1.82. The van der Waals surface area contributed by atoms with Crippen molar-refractivity contribution in [2.75, 3.05) is 0 Å². The Bertz CT molecular complexity index is 1710. The van der Waals surface area contributed by atoms with Gasteiger partial charge in [-0.05, 0) is 58.0 Å². The molecule has 0 N–H and O–H groups in total. The average Bonchev–Trinajstić information content (AvgIpc) is 3.45. The van der Waals surface area contributed by atoms with Gasteiger partial charge in [0.25, 0.3) is 0 Å². The predicted molar refractivity (Wildman–Crippen MR) is 149 cm³/mol. The summed E-state index contributed by atoms with van der Waals surface area (Å²) in [4.78, 5) is 0. The fourth-order valence-corrected chi connectivity index (χ4v) is 6.51. The van der Waals surface area contributed by atoms with Gasteiger partial charge in [0.15, 0.2) is 0 Å². The molecule has 4 aromatic carbocycles. The SMILES string of the molecule is CC1(C)OB(c2cccc3c2sc2ccc(-n4c5ccccc5c5ccccc54)cc23)OC1(C)C. The van der Waals surface area contributed by atoms with Crippen molar-refractivity contribution in [3.8, 4) is 5.69 Å². The van der Waals surface area contributed by atoms with E-state index in [0.29, 0.717) is 0 Å². The number of hydrogen-bond acceptors (Lipinski definition) is 3. The van der Waals surface area contributed by atoms with E-state index in [4.69, 9.17) is 9.31 Å². The highest BCUT2D eigenvalue weighted by molar-refractivity contribution is 7.27. The second-order valence-corrected chi connectivity index (χ2v) is 11.5. The fourth-order valence-electron chi connectivity index (χ4n) is 5.30. The summed E-state index contributed by atoms with van der Waals surface area (Å²) in [5, 5.41) is 5.07. The van der Waals surface area contributed by atoms with Crippen molar-refractivity contribution in [3.63, 3.8) is 0 Å². The van der Waals surface area contributed by atoms with Gasteiger partial charge in [-0.25, -0.2) is 0 Å². The lowest BCUT2D eigenvalue weighted by atomic mass is 9.78. The van der Waals surface area contributed by atoms with Crippen molar-refractivity contribution < 1.29 is 9.31 Å². The van der Waals surface area contributed by atoms with Gasteiger partial charge in [0, 0.05) is 42.1 Å². The molecular weight excluding hydrogens is 449 g/mol. The van der Waals surface area contributed by atoms with E-state index < -0.39 is 0 Å². The standard InChI is InChI=1S/C30H26BNO2S/c1-29(2)30(3,4)34-31(33-29)24-13-9-12-22-23-18-19(16-17-27(23)35-28(22)24)32-25-14-7-5-10-20(25)21-11-6-8-15-26(21)32/h5-18H,1-4H3. The minimum Gasteiger partial charge on any atom is -0.399 e. The number of nitrogens with zero attached hydrogens (tertiary/aromatic N) is 1. The van der Waals surface area contributed by atoms with Gasteiger partial charge in [-0.1, -0.05) is 54.6 Å². The zero-order chi connectivity index (χ0) is 23.9. The van der Waals surface area contributed by atoms with Gasteiger partial charge in [0.1, 0.15) is 0 Å². The first-order valence-electron chi connectivity index (χ1n) is 12.1. The smallest absolute Gasteiger partial charge is 0.399 e. The number of hydrogen-bond donors (Lipinski definition) is 0. The van der Waals surface area contributed by atoms with Crippen molar-refractivity contribution in [3.05, 3.63) is 84.9 Å². The summed E-state index contributed by atoms with van der Waals surface area (Å²) in [6, 6.07) is 30.6. The molecule has 1 aliphatic heterocycles. The molecule has 1 aliphatic rings. The molecule has 1 saturated heterocycles. The Labute approximate surface area is 209 Å². The molecule has 0 spiro atoms. The third-order valence-electron chi connectivity index (χ3n) is 7.86. The maximum absolute atomic E-state index is 6.41. The lowest BCUT2D eigenvalue weighted by molar-refractivity contribution is 0.00578. The van der Waals surface area contributed by atoms with Crippen LogP contribution in [0.15, 0.2) is 84.9 Å². The van der Waals surface area contributed by atoms with Gasteiger partial charge in [-0.15, -0.1) is 11.3 Å². The van der Waals surface area contributed by atoms with Crippen LogP contribution in [0, 0.1) is 0 Å². The number of aromatic nitrogens is 1. The first kappa shape index (κ1) is 21.2. The molecule has 3 nitrogen and oxygen atoms in total. The van der Waals surface area contributed by atoms with Gasteiger partial charge in [-0.3, -0.25) is 0 Å². The summed E-state index contributed by atoms with van der Waals surface area (Å²) in [5.41, 5.74) is 4.02. The van der Waals surface area contributed by atoms with Crippen LogP contribution in [-0.4, -0.2) is 22.9 Å². The Morgan fingerprint density at radius 1 is 0.657 bits per heavy atom. The van der Waals surface area contributed by atoms with Crippen LogP contribution in [0.2, 0.25) is 0 Å². The van der Waals surface area contributed by atoms with Crippen LogP contribution >= 0.6 is 11.3 Å². The van der Waals surface area contributed by atoms with Gasteiger partial charge in [0.2, 0.25) is 0 Å². The van der Waals surface area contributed by atoms with Crippen LogP contribution < -0.4 is 5.46 Å². The minimum absolute atomic E-state index is 0.361. The molecule has 2 aromatic heterocycles. The number of fused-ring (bicyclic) bond motifs is 6. The molecular formula is C30H26BNO2S. The van der Waals surface area contributed by atoms with Crippen molar-refractivity contribution >= 4 is 65.9 Å². The summed E-state index contributed by atoms with van der Waals surface area (Å²) in [6.07, 6.45) is 0. The summed E-state index contributed by atoms with van der Waals surface area (Å²) in [5.74, 6) is 0. The highest BCUT2D eigenvalue weighted by Gasteiger charge is 2.52. The van der Waals surface area contributed by atoms with Crippen LogP contribution in [0.5, 0.6) is 0 Å². The van der Waals surface area contributed by atoms with E-state index in [-0.39, 0.29) is 18.3 Å². The zero-order valence-corrected chi connectivity index (χ0v) is 21.1. The van der Waals surface area contributed by atoms with Crippen LogP contribution in [0.4, 0.5) is 0 Å². The van der Waals surface area contributed by atoms with Crippen molar-refractivity contribution in [1.82, 2.24) is 4.57 Å². The Kier molecular flexibility index (Phi) is 4.36. The molecule has 6 aromatic rings. The van der Waals surface area contributed by atoms with Crippen LogP contribution in [-0.2, 0) is 9.31 Å². The lowest BCUT2D eigenvalue weighted by Crippen LogP contribution is -2.41. The zero-order valence-electron chi connectivity index (χ0n) is 20.3. The molecule has 5 heteroatoms. The van der Waals surface area contributed by atoms with Gasteiger partial charge in [-0.2, -0.15) is 0 Å². The Hall–Kier alpha value is -3.12. The predicted octanol–water partition coefficient (Wildman–Crippen LogP) is 7.45. The van der Waals surface area contributed by atoms with E-state index in [0.717, 1.165) is 5.46 Å². The molecule has 0 saturated carbocycles. The first-order chi connectivity index (χ1) is 16.8. The molecule has 0 bridgehead atoms. The maximum atomic E-state index is 6.41. The molecule has 7 rings (SSSR count). The molecule has 0 aliphatic carbocycles. The van der Waals surface area contributed by atoms with Crippen molar-refractivity contribution in [2.24, 2.45) is 0 Å². The second-order valence-electron chi connectivity index (χ2n) is 10.5. The third kappa shape index (κ3) is 2.99. The highest BCUT2D eigenvalue weighted by atomic mass is 32.1. The largest absolute Gasteiger partial charge is 0.496 e. The van der Waals surface area contributed by atoms with Gasteiger partial charge >= 0.3 is 7.12 Å². The van der Waals surface area contributed by atoms with Gasteiger partial charge in [0.05, 0.1) is 22.2 Å². The second kappa shape index (κ2) is 7.20. The number of thiophene rings is 1. The Morgan fingerprint density at radius 2 is 1.26 bits per heavy atom. The molecule has 3 heterocycles. The summed E-state index contributed by atoms with van der Waals surface area (Å²) in [7, 11) is -0.367. The number of benzene rings is 4. The molecule has 172 valence electrons. The summed E-state index contributed by atoms with van der Waals surface area (Å²) < 4.78 is 17.7. The van der Waals surface area contributed by atoms with E-state index in [1.165, 1.54) is 47.7 Å². The van der Waals surface area contributed by atoms with Crippen LogP contribution in [0.25, 0.3) is 47.7 Å². The molecule has 35 heavy (non-hydrogen) atoms. The lowest BCUT2D eigenvalue weighted by Gasteiger charge is -2.32. The Balaban J connectivity index is 1.44. The summed E-state index contributed by atoms with van der Waals surface area (Å²) in [6.45, 7) is 8.43. The van der Waals surface area contributed by atoms with Crippen LogP contribution in [0.3, 0.4) is 0 Å². The van der Waals surface area contributed by atoms with Crippen molar-refractivity contribution in [2.45, 2.75) is 38.9 Å². The molecule has 0 unspecified atom stereocenters. The van der Waals surface area contributed by atoms with Crippen molar-refractivity contribution in [1.29, 1.82) is 0 Å². The Morgan fingerprint density at radius 3 is 1.91 bits per heavy atom. The molecule has 1 fully saturated rings. The fraction of sp³-hybridized carbons (Fsp3) is 0.200. The van der Waals surface area contributed by atoms with E-state index in [2.05, 4.69) is 117 Å². The molecule has 0 amide bonds. The molecule has 0 atom stereocenters. The van der Waals surface area contributed by atoms with E-state index in [1.807, 2.05) is 11.3 Å². The normalized spacial score (nSPS) is 17.3. The average molecular weight is 475 g/mol. The maximum Gasteiger partial charge on any atom is 0.496 e.